The minimum absolute atomic E-state index is 0.229. The lowest BCUT2D eigenvalue weighted by molar-refractivity contribution is 0.0695. The molecule has 0 bridgehead atoms. The Morgan fingerprint density at radius 3 is 2.92 bits per heavy atom. The van der Waals surface area contributed by atoms with E-state index >= 15 is 0 Å². The molecule has 12 heavy (non-hydrogen) atoms. The Kier molecular flexibility index (Phi) is 2.24. The quantitative estimate of drug-likeness (QED) is 0.722. The number of rotatable bonds is 2. The molecule has 0 aliphatic carbocycles. The molecule has 0 atom stereocenters. The summed E-state index contributed by atoms with van der Waals surface area (Å²) in [6.07, 6.45) is 3.16. The number of aromatic carboxylic acids is 1. The van der Waals surface area contributed by atoms with Crippen LogP contribution in [0.25, 0.3) is 6.08 Å². The molecule has 0 spiro atoms. The summed E-state index contributed by atoms with van der Waals surface area (Å²) in [5.41, 5.74) is 1.47. The van der Waals surface area contributed by atoms with Crippen LogP contribution in [0.2, 0.25) is 0 Å². The molecule has 0 amide bonds. The van der Waals surface area contributed by atoms with E-state index in [1.165, 1.54) is 0 Å². The second kappa shape index (κ2) is 3.17. The Labute approximate surface area is 70.4 Å². The van der Waals surface area contributed by atoms with Crippen LogP contribution in [-0.4, -0.2) is 16.1 Å². The summed E-state index contributed by atoms with van der Waals surface area (Å²) >= 11 is 0. The fourth-order valence-electron chi connectivity index (χ4n) is 0.877. The molecule has 1 aromatic heterocycles. The van der Waals surface area contributed by atoms with Gasteiger partial charge in [0.15, 0.2) is 0 Å². The summed E-state index contributed by atoms with van der Waals surface area (Å²) in [4.78, 5) is 14.5. The van der Waals surface area contributed by atoms with Crippen molar-refractivity contribution < 1.29 is 9.90 Å². The summed E-state index contributed by atoms with van der Waals surface area (Å²) in [5.74, 6) is -0.955. The Morgan fingerprint density at radius 1 is 1.75 bits per heavy atom. The fourth-order valence-corrected chi connectivity index (χ4v) is 0.877. The average Bonchev–Trinajstić information content (AvgIpc) is 2.05. The van der Waals surface area contributed by atoms with Gasteiger partial charge in [0, 0.05) is 6.20 Å². The Hall–Kier alpha value is -1.64. The van der Waals surface area contributed by atoms with Gasteiger partial charge in [0.25, 0.3) is 0 Å². The van der Waals surface area contributed by atoms with Gasteiger partial charge in [-0.05, 0) is 18.6 Å². The van der Waals surface area contributed by atoms with Crippen LogP contribution in [0, 0.1) is 6.92 Å². The lowest BCUT2D eigenvalue weighted by atomic mass is 10.1. The van der Waals surface area contributed by atoms with Gasteiger partial charge in [0.2, 0.25) is 0 Å². The van der Waals surface area contributed by atoms with Crippen molar-refractivity contribution in [3.8, 4) is 0 Å². The van der Waals surface area contributed by atoms with E-state index in [9.17, 15) is 4.79 Å². The zero-order chi connectivity index (χ0) is 9.14. The summed E-state index contributed by atoms with van der Waals surface area (Å²) in [6, 6.07) is 1.55. The number of carboxylic acids is 1. The number of carbonyl (C=O) groups is 1. The van der Waals surface area contributed by atoms with Gasteiger partial charge in [-0.15, -0.1) is 0 Å². The van der Waals surface area contributed by atoms with Gasteiger partial charge in [0.1, 0.15) is 0 Å². The van der Waals surface area contributed by atoms with Gasteiger partial charge in [-0.25, -0.2) is 4.79 Å². The van der Waals surface area contributed by atoms with Gasteiger partial charge < -0.3 is 5.11 Å². The molecule has 1 heterocycles. The number of aryl methyl sites for hydroxylation is 1. The molecular formula is C9H9NO2. The highest BCUT2D eigenvalue weighted by Gasteiger charge is 2.07. The van der Waals surface area contributed by atoms with Gasteiger partial charge in [0.05, 0.1) is 11.3 Å². The molecule has 0 aromatic carbocycles. The molecule has 0 radical (unpaired) electrons. The standard InChI is InChI=1S/C9H9NO2/c1-3-7-4-8(9(11)12)6(2)10-5-7/h3-5H,1H2,2H3,(H,11,12). The molecule has 0 aliphatic rings. The first-order chi connectivity index (χ1) is 5.65. The smallest absolute Gasteiger partial charge is 0.337 e. The van der Waals surface area contributed by atoms with E-state index < -0.39 is 5.97 Å². The van der Waals surface area contributed by atoms with Gasteiger partial charge in [-0.3, -0.25) is 4.98 Å². The van der Waals surface area contributed by atoms with Crippen LogP contribution in [0.15, 0.2) is 18.8 Å². The highest BCUT2D eigenvalue weighted by atomic mass is 16.4. The van der Waals surface area contributed by atoms with E-state index in [4.69, 9.17) is 5.11 Å². The number of hydrogen-bond acceptors (Lipinski definition) is 2. The van der Waals surface area contributed by atoms with E-state index in [1.54, 1.807) is 25.3 Å². The topological polar surface area (TPSA) is 50.2 Å². The second-order valence-corrected chi connectivity index (χ2v) is 2.41. The summed E-state index contributed by atoms with van der Waals surface area (Å²) < 4.78 is 0. The highest BCUT2D eigenvalue weighted by molar-refractivity contribution is 5.89. The zero-order valence-electron chi connectivity index (χ0n) is 6.74. The van der Waals surface area contributed by atoms with Crippen molar-refractivity contribution in [2.45, 2.75) is 6.92 Å². The van der Waals surface area contributed by atoms with Crippen molar-refractivity contribution in [1.82, 2.24) is 4.98 Å². The van der Waals surface area contributed by atoms with E-state index in [2.05, 4.69) is 11.6 Å². The third-order valence-electron chi connectivity index (χ3n) is 1.57. The molecule has 0 aliphatic heterocycles. The number of aromatic nitrogens is 1. The Morgan fingerprint density at radius 2 is 2.42 bits per heavy atom. The van der Waals surface area contributed by atoms with Crippen LogP contribution in [0.1, 0.15) is 21.6 Å². The third kappa shape index (κ3) is 1.50. The third-order valence-corrected chi connectivity index (χ3v) is 1.57. The molecule has 0 fully saturated rings. The summed E-state index contributed by atoms with van der Waals surface area (Å²) in [7, 11) is 0. The molecule has 1 aromatic rings. The van der Waals surface area contributed by atoms with Crippen LogP contribution < -0.4 is 0 Å². The van der Waals surface area contributed by atoms with Gasteiger partial charge >= 0.3 is 5.97 Å². The molecule has 0 unspecified atom stereocenters. The molecule has 3 nitrogen and oxygen atoms in total. The van der Waals surface area contributed by atoms with E-state index in [0.29, 0.717) is 5.69 Å². The van der Waals surface area contributed by atoms with Crippen LogP contribution in [0.3, 0.4) is 0 Å². The Bertz CT molecular complexity index is 331. The first-order valence-electron chi connectivity index (χ1n) is 3.47. The zero-order valence-corrected chi connectivity index (χ0v) is 6.74. The molecular weight excluding hydrogens is 154 g/mol. The van der Waals surface area contributed by atoms with Crippen molar-refractivity contribution >= 4 is 12.0 Å². The van der Waals surface area contributed by atoms with Crippen molar-refractivity contribution in [3.05, 3.63) is 35.7 Å². The maximum atomic E-state index is 10.6. The lowest BCUT2D eigenvalue weighted by Crippen LogP contribution is -2.01. The van der Waals surface area contributed by atoms with Crippen LogP contribution >= 0.6 is 0 Å². The van der Waals surface area contributed by atoms with Crippen molar-refractivity contribution in [2.75, 3.05) is 0 Å². The number of carboxylic acid groups (broad SMARTS) is 1. The van der Waals surface area contributed by atoms with Crippen molar-refractivity contribution in [1.29, 1.82) is 0 Å². The molecule has 62 valence electrons. The van der Waals surface area contributed by atoms with Crippen LogP contribution in [-0.2, 0) is 0 Å². The molecule has 1 N–H and O–H groups in total. The largest absolute Gasteiger partial charge is 0.478 e. The van der Waals surface area contributed by atoms with Gasteiger partial charge in [-0.2, -0.15) is 0 Å². The van der Waals surface area contributed by atoms with Crippen LogP contribution in [0.5, 0.6) is 0 Å². The SMILES string of the molecule is C=Cc1cnc(C)c(C(=O)O)c1. The fraction of sp³-hybridized carbons (Fsp3) is 0.111. The number of pyridine rings is 1. The van der Waals surface area contributed by atoms with Crippen molar-refractivity contribution in [2.24, 2.45) is 0 Å². The number of hydrogen-bond donors (Lipinski definition) is 1. The lowest BCUT2D eigenvalue weighted by Gasteiger charge is -1.99. The average molecular weight is 163 g/mol. The first-order valence-corrected chi connectivity index (χ1v) is 3.47. The first kappa shape index (κ1) is 8.46. The predicted molar refractivity (Wildman–Crippen MR) is 46.0 cm³/mol. The van der Waals surface area contributed by atoms with Crippen LogP contribution in [0.4, 0.5) is 0 Å². The van der Waals surface area contributed by atoms with E-state index in [-0.39, 0.29) is 5.56 Å². The maximum absolute atomic E-state index is 10.6. The molecule has 3 heteroatoms. The van der Waals surface area contributed by atoms with E-state index in [0.717, 1.165) is 5.56 Å². The normalized spacial score (nSPS) is 9.42. The second-order valence-electron chi connectivity index (χ2n) is 2.41. The summed E-state index contributed by atoms with van der Waals surface area (Å²) in [6.45, 7) is 5.19. The summed E-state index contributed by atoms with van der Waals surface area (Å²) in [5, 5.41) is 8.71. The number of nitrogens with zero attached hydrogens (tertiary/aromatic N) is 1. The molecule has 0 saturated carbocycles. The minimum atomic E-state index is -0.955. The van der Waals surface area contributed by atoms with Gasteiger partial charge in [-0.1, -0.05) is 12.7 Å². The minimum Gasteiger partial charge on any atom is -0.478 e. The molecule has 1 rings (SSSR count). The molecule has 0 saturated heterocycles. The van der Waals surface area contributed by atoms with Crippen molar-refractivity contribution in [3.63, 3.8) is 0 Å². The highest BCUT2D eigenvalue weighted by Crippen LogP contribution is 2.08. The predicted octanol–water partition coefficient (Wildman–Crippen LogP) is 1.73. The van der Waals surface area contributed by atoms with E-state index in [1.807, 2.05) is 0 Å². The monoisotopic (exact) mass is 163 g/mol. The Balaban J connectivity index is 3.25. The maximum Gasteiger partial charge on any atom is 0.337 e.